The Bertz CT molecular complexity index is 2160. The zero-order chi connectivity index (χ0) is 63.4. The van der Waals surface area contributed by atoms with Gasteiger partial charge in [0.25, 0.3) is 0 Å². The predicted octanol–water partition coefficient (Wildman–Crippen LogP) is -7.75. The lowest BCUT2D eigenvalue weighted by Gasteiger charge is -2.51. The lowest BCUT2D eigenvalue weighted by Crippen LogP contribution is -2.65. The number of aliphatic hydroxyl groups is 20. The van der Waals surface area contributed by atoms with Crippen LogP contribution in [-0.4, -0.2) is 319 Å². The lowest BCUT2D eigenvalue weighted by atomic mass is 9.72. The number of aliphatic hydroxyl groups excluding tert-OH is 18. The molecule has 88 heavy (non-hydrogen) atoms. The van der Waals surface area contributed by atoms with Gasteiger partial charge in [0.05, 0.1) is 55.8 Å². The van der Waals surface area contributed by atoms with Gasteiger partial charge < -0.3 is 144 Å². The van der Waals surface area contributed by atoms with Crippen LogP contribution in [0.1, 0.15) is 83.5 Å². The van der Waals surface area contributed by atoms with E-state index in [4.69, 9.17) is 52.1 Å². The molecule has 0 aromatic heterocycles. The number of carbonyl (C=O) groups excluding carboxylic acids is 2. The van der Waals surface area contributed by atoms with Crippen molar-refractivity contribution in [2.45, 2.75) is 267 Å². The van der Waals surface area contributed by atoms with Crippen LogP contribution in [0.3, 0.4) is 0 Å². The van der Waals surface area contributed by atoms with Crippen molar-refractivity contribution in [3.8, 4) is 0 Å². The summed E-state index contributed by atoms with van der Waals surface area (Å²) >= 11 is 0. The summed E-state index contributed by atoms with van der Waals surface area (Å²) in [5.74, 6) is -3.46. The van der Waals surface area contributed by atoms with E-state index in [1.54, 1.807) is 12.2 Å². The second-order valence-electron chi connectivity index (χ2n) is 25.2. The van der Waals surface area contributed by atoms with Crippen LogP contribution in [-0.2, 0) is 57.0 Å². The highest BCUT2D eigenvalue weighted by Gasteiger charge is 2.59. The molecule has 5 heterocycles. The van der Waals surface area contributed by atoms with Crippen LogP contribution in [0.15, 0.2) is 24.3 Å². The average molecular weight is 1270 g/mol. The predicted molar refractivity (Wildman–Crippen MR) is 288 cm³/mol. The molecule has 0 radical (unpaired) electrons. The quantitative estimate of drug-likeness (QED) is 0.0324. The van der Waals surface area contributed by atoms with E-state index in [0.29, 0.717) is 51.4 Å². The Kier molecular flexibility index (Phi) is 24.6. The zero-order valence-electron chi connectivity index (χ0n) is 48.4. The molecular weight excluding hydrogens is 1180 g/mol. The first-order valence-electron chi connectivity index (χ1n) is 30.7. The molecule has 31 heteroatoms. The van der Waals surface area contributed by atoms with Crippen molar-refractivity contribution in [2.24, 2.45) is 23.7 Å². The maximum atomic E-state index is 12.9. The molecular formula is C57H91O31+. The van der Waals surface area contributed by atoms with Crippen molar-refractivity contribution in [1.82, 2.24) is 0 Å². The summed E-state index contributed by atoms with van der Waals surface area (Å²) in [6, 6.07) is 0. The SMILES string of the molecule is O=C(C=CC1CCC(O)CC1)OC[C@@H]1O[C@@H](OC2CC(C3[OH+]C4CC(O[C@H]5O[C@@H](CO)[C@H](O)[C@@H](O)[C@@H]5O)CC(O)C4CC3O[C@H]3O[C@@H](CO)[C@H](O)[C@@H](O)[C@@H]3O)CC(O[C@H]3O[C@@H](COC(=O)C=CC4CCC(O)CC4)[C@H](O)[C@@H](O)[C@@H]3O)C2O)[C@H](O)[C@H](O)[C@H]1O. The van der Waals surface area contributed by atoms with Crippen LogP contribution in [0.4, 0.5) is 0 Å². The number of allylic oxidation sites excluding steroid dienone is 2. The summed E-state index contributed by atoms with van der Waals surface area (Å²) in [6.45, 7) is -2.93. The van der Waals surface area contributed by atoms with Crippen LogP contribution in [0, 0.1) is 23.7 Å². The maximum absolute atomic E-state index is 12.9. The third kappa shape index (κ3) is 16.4. The fourth-order valence-electron chi connectivity index (χ4n) is 13.7. The fourth-order valence-corrected chi connectivity index (χ4v) is 13.7. The molecule has 4 saturated carbocycles. The summed E-state index contributed by atoms with van der Waals surface area (Å²) in [4.78, 5) is 25.8. The number of esters is 2. The highest BCUT2D eigenvalue weighted by molar-refractivity contribution is 5.82. The van der Waals surface area contributed by atoms with Crippen LogP contribution < -0.4 is 0 Å². The number of hydrogen-bond acceptors (Lipinski definition) is 30. The second-order valence-corrected chi connectivity index (χ2v) is 25.2. The van der Waals surface area contributed by atoms with Crippen molar-refractivity contribution < 1.29 is 154 Å². The van der Waals surface area contributed by atoms with E-state index >= 15 is 0 Å². The van der Waals surface area contributed by atoms with Gasteiger partial charge in [0.15, 0.2) is 37.4 Å². The lowest BCUT2D eigenvalue weighted by molar-refractivity contribution is -0.369. The summed E-state index contributed by atoms with van der Waals surface area (Å²) < 4.78 is 64.5. The van der Waals surface area contributed by atoms with Crippen molar-refractivity contribution >= 4 is 11.9 Å². The Morgan fingerprint density at radius 3 is 1.19 bits per heavy atom. The van der Waals surface area contributed by atoms with Gasteiger partial charge in [-0.05, 0) is 82.5 Å². The third-order valence-corrected chi connectivity index (χ3v) is 19.1. The van der Waals surface area contributed by atoms with E-state index in [1.807, 2.05) is 0 Å². The van der Waals surface area contributed by atoms with Crippen molar-refractivity contribution in [3.63, 3.8) is 0 Å². The van der Waals surface area contributed by atoms with E-state index in [0.717, 1.165) is 0 Å². The van der Waals surface area contributed by atoms with Gasteiger partial charge in [-0.3, -0.25) is 0 Å². The summed E-state index contributed by atoms with van der Waals surface area (Å²) in [5, 5.41) is 196. The first-order chi connectivity index (χ1) is 41.9. The minimum atomic E-state index is -2.05. The molecule has 0 bridgehead atoms. The molecule has 10 unspecified atom stereocenters. The zero-order valence-corrected chi connectivity index (χ0v) is 48.4. The molecule has 9 fully saturated rings. The second kappa shape index (κ2) is 31.1. The minimum Gasteiger partial charge on any atom is -0.460 e. The molecule has 30 atom stereocenters. The van der Waals surface area contributed by atoms with E-state index in [-0.39, 0.29) is 43.9 Å². The Labute approximate surface area is 506 Å². The highest BCUT2D eigenvalue weighted by Crippen LogP contribution is 2.45. The molecule has 31 nitrogen and oxygen atoms in total. The van der Waals surface area contributed by atoms with Gasteiger partial charge in [-0.2, -0.15) is 0 Å². The molecule has 19 N–H and O–H groups in total. The van der Waals surface area contributed by atoms with Crippen molar-refractivity contribution in [3.05, 3.63) is 24.3 Å². The van der Waals surface area contributed by atoms with Crippen LogP contribution in [0.5, 0.6) is 0 Å². The van der Waals surface area contributed by atoms with Gasteiger partial charge in [0.1, 0.15) is 123 Å². The van der Waals surface area contributed by atoms with Gasteiger partial charge in [0.2, 0.25) is 0 Å². The average Bonchev–Trinajstić information content (AvgIpc) is 1.49. The molecule has 5 aliphatic heterocycles. The maximum Gasteiger partial charge on any atom is 0.330 e. The normalized spacial score (nSPS) is 49.7. The Balaban J connectivity index is 0.985. The van der Waals surface area contributed by atoms with Crippen LogP contribution in [0.25, 0.3) is 0 Å². The number of hydrogen-bond donors (Lipinski definition) is 18. The number of rotatable bonds is 19. The van der Waals surface area contributed by atoms with Gasteiger partial charge in [-0.25, -0.2) is 9.59 Å². The fraction of sp³-hybridized carbons (Fsp3) is 0.895. The summed E-state index contributed by atoms with van der Waals surface area (Å²) in [6.07, 6.45) is -37.7. The summed E-state index contributed by atoms with van der Waals surface area (Å²) in [7, 11) is 0. The Morgan fingerprint density at radius 2 is 0.784 bits per heavy atom. The first-order valence-corrected chi connectivity index (χ1v) is 30.7. The van der Waals surface area contributed by atoms with E-state index < -0.39 is 234 Å². The number of ether oxygens (including phenoxy) is 11. The van der Waals surface area contributed by atoms with Crippen molar-refractivity contribution in [2.75, 3.05) is 26.4 Å². The molecule has 0 spiro atoms. The molecule has 504 valence electrons. The number of carbonyl (C=O) groups is 2. The highest BCUT2D eigenvalue weighted by atomic mass is 16.7. The monoisotopic (exact) mass is 1270 g/mol. The molecule has 5 saturated heterocycles. The standard InChI is InChI=1S/C57H90O31/c58-18-34-41(66)45(70)49(74)54(85-34)80-27-15-29(62)28-17-33(84-57-50(75)46(71)42(67)35(19-59)86-57)53(81-30(28)16-27)24-13-31(82-55-51(76)47(72)43(68)36(87-55)20-78-38(63)11-5-22-1-7-25(60)8-2-22)40(65)32(14-24)83-56-52(77)48(73)44(69)37(88-56)21-79-39(64)12-6-23-3-9-26(61)10-4-23/h5-6,11-12,22-37,40-62,65-77H,1-4,7-10,13-21H2/p+1/t22?,23?,24?,25?,26?,27?,28?,29?,30?,31?,32?,33?,34-,35-,36-,37-,40?,41-,42-,43-,44-,45+,46+,47+,48+,49-,50-,51-,52+,53?,54-,55-,56+,57-/m0/s1. The van der Waals surface area contributed by atoms with E-state index in [1.165, 1.54) is 12.2 Å². The van der Waals surface area contributed by atoms with Crippen LogP contribution in [0.2, 0.25) is 0 Å². The molecule has 9 rings (SSSR count). The van der Waals surface area contributed by atoms with E-state index in [2.05, 4.69) is 0 Å². The largest absolute Gasteiger partial charge is 0.460 e. The van der Waals surface area contributed by atoms with Gasteiger partial charge in [-0.15, -0.1) is 0 Å². The van der Waals surface area contributed by atoms with Gasteiger partial charge in [-0.1, -0.05) is 12.2 Å². The van der Waals surface area contributed by atoms with E-state index in [9.17, 15) is 102 Å². The molecule has 9 aliphatic rings. The first kappa shape index (κ1) is 69.7. The third-order valence-electron chi connectivity index (χ3n) is 19.1. The molecule has 0 aromatic rings. The van der Waals surface area contributed by atoms with Gasteiger partial charge in [0, 0.05) is 30.9 Å². The smallest absolute Gasteiger partial charge is 0.330 e. The Morgan fingerprint density at radius 1 is 0.409 bits per heavy atom. The minimum absolute atomic E-state index is 0.00407. The summed E-state index contributed by atoms with van der Waals surface area (Å²) in [5.41, 5.74) is 0. The molecule has 0 amide bonds. The topological polar surface area (TPSA) is 503 Å². The molecule has 4 aliphatic carbocycles. The van der Waals surface area contributed by atoms with Crippen LogP contribution >= 0.6 is 0 Å². The number of fused-ring (bicyclic) bond motifs is 1. The van der Waals surface area contributed by atoms with Gasteiger partial charge >= 0.3 is 11.9 Å². The Hall–Kier alpha value is -2.66. The molecule has 0 aromatic carbocycles. The van der Waals surface area contributed by atoms with Crippen molar-refractivity contribution in [1.29, 1.82) is 0 Å².